The Morgan fingerprint density at radius 2 is 2.00 bits per heavy atom. The van der Waals surface area contributed by atoms with E-state index in [9.17, 15) is 4.79 Å². The zero-order chi connectivity index (χ0) is 17.3. The first-order chi connectivity index (χ1) is 11.5. The number of nitrogens with two attached hydrogens (primary N) is 1. The fourth-order valence-corrected chi connectivity index (χ4v) is 2.33. The van der Waals surface area contributed by atoms with Crippen LogP contribution in [0.3, 0.4) is 0 Å². The molecule has 24 heavy (non-hydrogen) atoms. The third-order valence-electron chi connectivity index (χ3n) is 3.68. The monoisotopic (exact) mass is 327 g/mol. The normalized spacial score (nSPS) is 15.8. The fourth-order valence-electron chi connectivity index (χ4n) is 2.33. The predicted octanol–water partition coefficient (Wildman–Crippen LogP) is 2.09. The Morgan fingerprint density at radius 3 is 2.62 bits per heavy atom. The second kappa shape index (κ2) is 6.11. The Labute approximate surface area is 139 Å². The second-order valence-corrected chi connectivity index (χ2v) is 5.13. The average Bonchev–Trinajstić information content (AvgIpc) is 3.15. The van der Waals surface area contributed by atoms with Crippen LogP contribution in [-0.4, -0.2) is 38.0 Å². The molecule has 7 heteroatoms. The zero-order valence-electron chi connectivity index (χ0n) is 13.6. The largest absolute Gasteiger partial charge is 0.497 e. The number of furan rings is 1. The van der Waals surface area contributed by atoms with Gasteiger partial charge in [0.05, 0.1) is 19.8 Å². The van der Waals surface area contributed by atoms with Crippen molar-refractivity contribution in [2.45, 2.75) is 0 Å². The van der Waals surface area contributed by atoms with Gasteiger partial charge in [-0.3, -0.25) is 9.69 Å². The van der Waals surface area contributed by atoms with Crippen molar-refractivity contribution in [1.82, 2.24) is 4.90 Å². The third-order valence-corrected chi connectivity index (χ3v) is 3.68. The molecular formula is C17H17N3O4. The van der Waals surface area contributed by atoms with Crippen molar-refractivity contribution in [3.05, 3.63) is 41.8 Å². The van der Waals surface area contributed by atoms with E-state index in [1.807, 2.05) is 12.1 Å². The van der Waals surface area contributed by atoms with E-state index in [0.29, 0.717) is 23.0 Å². The number of methoxy groups -OCH3 is 2. The van der Waals surface area contributed by atoms with Crippen molar-refractivity contribution in [1.29, 1.82) is 0 Å². The Morgan fingerprint density at radius 1 is 1.21 bits per heavy atom. The minimum atomic E-state index is -0.271. The molecule has 7 nitrogen and oxygen atoms in total. The van der Waals surface area contributed by atoms with Gasteiger partial charge >= 0.3 is 0 Å². The van der Waals surface area contributed by atoms with Crippen molar-refractivity contribution in [3.63, 3.8) is 0 Å². The topological polar surface area (TPSA) is 90.3 Å². The summed E-state index contributed by atoms with van der Waals surface area (Å²) >= 11 is 0. The minimum Gasteiger partial charge on any atom is -0.497 e. The maximum absolute atomic E-state index is 12.0. The molecule has 1 aromatic carbocycles. The van der Waals surface area contributed by atoms with Gasteiger partial charge in [0, 0.05) is 19.2 Å². The summed E-state index contributed by atoms with van der Waals surface area (Å²) < 4.78 is 16.3. The molecule has 0 atom stereocenters. The molecule has 0 saturated heterocycles. The van der Waals surface area contributed by atoms with Crippen molar-refractivity contribution >= 4 is 17.9 Å². The number of carbonyl (C=O) groups is 1. The Kier molecular flexibility index (Phi) is 3.99. The number of ether oxygens (including phenoxy) is 2. The highest BCUT2D eigenvalue weighted by atomic mass is 16.5. The van der Waals surface area contributed by atoms with Crippen LogP contribution < -0.4 is 15.2 Å². The number of hydrogen-bond acceptors (Lipinski definition) is 6. The molecule has 2 N–H and O–H groups in total. The summed E-state index contributed by atoms with van der Waals surface area (Å²) in [6.07, 6.45) is 1.55. The van der Waals surface area contributed by atoms with Crippen LogP contribution in [0.1, 0.15) is 5.76 Å². The summed E-state index contributed by atoms with van der Waals surface area (Å²) in [4.78, 5) is 17.3. The number of hydrogen-bond donors (Lipinski definition) is 1. The number of benzene rings is 1. The van der Waals surface area contributed by atoms with E-state index >= 15 is 0 Å². The van der Waals surface area contributed by atoms with Gasteiger partial charge in [-0.1, -0.05) is 0 Å². The SMILES string of the molecule is COc1ccc(-c2ccc(C=C3N=C(N)N(C)C3=O)o2)c(OC)c1. The van der Waals surface area contributed by atoms with Gasteiger partial charge in [0.2, 0.25) is 5.96 Å². The van der Waals surface area contributed by atoms with E-state index in [0.717, 1.165) is 5.56 Å². The van der Waals surface area contributed by atoms with Crippen molar-refractivity contribution in [2.75, 3.05) is 21.3 Å². The number of likely N-dealkylation sites (N-methyl/N-ethyl adjacent to an activating group) is 1. The average molecular weight is 327 g/mol. The summed E-state index contributed by atoms with van der Waals surface area (Å²) in [6.45, 7) is 0. The maximum Gasteiger partial charge on any atom is 0.279 e. The van der Waals surface area contributed by atoms with Gasteiger partial charge < -0.3 is 19.6 Å². The number of carbonyl (C=O) groups excluding carboxylic acids is 1. The highest BCUT2D eigenvalue weighted by Crippen LogP contribution is 2.34. The lowest BCUT2D eigenvalue weighted by atomic mass is 10.1. The molecule has 0 radical (unpaired) electrons. The lowest BCUT2D eigenvalue weighted by Gasteiger charge is -2.08. The van der Waals surface area contributed by atoms with E-state index in [-0.39, 0.29) is 17.6 Å². The van der Waals surface area contributed by atoms with Crippen LogP contribution in [0, 0.1) is 0 Å². The van der Waals surface area contributed by atoms with Crippen molar-refractivity contribution < 1.29 is 18.7 Å². The molecule has 1 amide bonds. The number of guanidine groups is 1. The van der Waals surface area contributed by atoms with Gasteiger partial charge in [-0.15, -0.1) is 0 Å². The zero-order valence-corrected chi connectivity index (χ0v) is 13.6. The van der Waals surface area contributed by atoms with E-state index in [1.54, 1.807) is 45.5 Å². The van der Waals surface area contributed by atoms with Crippen molar-refractivity contribution in [2.24, 2.45) is 10.7 Å². The Bertz CT molecular complexity index is 851. The van der Waals surface area contributed by atoms with Crippen LogP contribution in [-0.2, 0) is 4.79 Å². The first kappa shape index (κ1) is 15.7. The Hall–Kier alpha value is -3.22. The van der Waals surface area contributed by atoms with Crippen LogP contribution in [0.5, 0.6) is 11.5 Å². The fraction of sp³-hybridized carbons (Fsp3) is 0.176. The molecule has 0 spiro atoms. The van der Waals surface area contributed by atoms with Crippen LogP contribution in [0.25, 0.3) is 17.4 Å². The quantitative estimate of drug-likeness (QED) is 0.868. The summed E-state index contributed by atoms with van der Waals surface area (Å²) in [6, 6.07) is 8.99. The molecule has 2 aromatic rings. The molecule has 1 aliphatic heterocycles. The summed E-state index contributed by atoms with van der Waals surface area (Å²) in [5.74, 6) is 2.31. The lowest BCUT2D eigenvalue weighted by Crippen LogP contribution is -2.33. The molecule has 1 aromatic heterocycles. The van der Waals surface area contributed by atoms with E-state index in [2.05, 4.69) is 4.99 Å². The van der Waals surface area contributed by atoms with Gasteiger partial charge in [0.15, 0.2) is 0 Å². The lowest BCUT2D eigenvalue weighted by molar-refractivity contribution is -0.121. The summed E-state index contributed by atoms with van der Waals surface area (Å²) in [5.41, 5.74) is 6.64. The predicted molar refractivity (Wildman–Crippen MR) is 89.6 cm³/mol. The smallest absolute Gasteiger partial charge is 0.279 e. The first-order valence-electron chi connectivity index (χ1n) is 7.19. The van der Waals surface area contributed by atoms with Gasteiger partial charge in [0.1, 0.15) is 28.7 Å². The number of nitrogens with zero attached hydrogens (tertiary/aromatic N) is 2. The second-order valence-electron chi connectivity index (χ2n) is 5.13. The summed E-state index contributed by atoms with van der Waals surface area (Å²) in [7, 11) is 4.74. The van der Waals surface area contributed by atoms with E-state index < -0.39 is 0 Å². The molecule has 124 valence electrons. The van der Waals surface area contributed by atoms with E-state index in [4.69, 9.17) is 19.6 Å². The van der Waals surface area contributed by atoms with Gasteiger partial charge in [0.25, 0.3) is 5.91 Å². The molecule has 0 saturated carbocycles. The van der Waals surface area contributed by atoms with Crippen molar-refractivity contribution in [3.8, 4) is 22.8 Å². The molecule has 0 unspecified atom stereocenters. The molecular weight excluding hydrogens is 310 g/mol. The highest BCUT2D eigenvalue weighted by molar-refractivity contribution is 6.12. The van der Waals surface area contributed by atoms with Crippen LogP contribution in [0.15, 0.2) is 45.4 Å². The number of rotatable bonds is 4. The summed E-state index contributed by atoms with van der Waals surface area (Å²) in [5, 5.41) is 0. The maximum atomic E-state index is 12.0. The molecule has 3 rings (SSSR count). The highest BCUT2D eigenvalue weighted by Gasteiger charge is 2.25. The van der Waals surface area contributed by atoms with Gasteiger partial charge in [-0.25, -0.2) is 4.99 Å². The molecule has 0 fully saturated rings. The number of amides is 1. The number of aliphatic imine (C=N–C) groups is 1. The first-order valence-corrected chi connectivity index (χ1v) is 7.19. The molecule has 0 aliphatic carbocycles. The van der Waals surface area contributed by atoms with Gasteiger partial charge in [-0.2, -0.15) is 0 Å². The molecule has 0 bridgehead atoms. The standard InChI is InChI=1S/C17H17N3O4/c1-20-16(21)13(19-17(20)18)8-11-5-7-14(24-11)12-6-4-10(22-2)9-15(12)23-3/h4-9H,1-3H3,(H2,18,19). The van der Waals surface area contributed by atoms with Crippen LogP contribution in [0.4, 0.5) is 0 Å². The molecule has 2 heterocycles. The van der Waals surface area contributed by atoms with Crippen LogP contribution in [0.2, 0.25) is 0 Å². The third kappa shape index (κ3) is 2.71. The van der Waals surface area contributed by atoms with Gasteiger partial charge in [-0.05, 0) is 24.3 Å². The van der Waals surface area contributed by atoms with Crippen LogP contribution >= 0.6 is 0 Å². The van der Waals surface area contributed by atoms with E-state index in [1.165, 1.54) is 4.90 Å². The minimum absolute atomic E-state index is 0.162. The molecule has 1 aliphatic rings. The Balaban J connectivity index is 1.94.